The molecule has 0 radical (unpaired) electrons. The number of hydrogen-bond donors (Lipinski definition) is 2. The van der Waals surface area contributed by atoms with E-state index in [2.05, 4.69) is 20.6 Å². The van der Waals surface area contributed by atoms with E-state index in [0.29, 0.717) is 11.5 Å². The predicted molar refractivity (Wildman–Crippen MR) is 64.6 cm³/mol. The van der Waals surface area contributed by atoms with Crippen molar-refractivity contribution in [1.82, 2.24) is 20.6 Å². The molecule has 2 heterocycles. The second-order valence-corrected chi connectivity index (χ2v) is 4.78. The molecule has 20 heavy (non-hydrogen) atoms. The van der Waals surface area contributed by atoms with Gasteiger partial charge in [0.2, 0.25) is 5.91 Å². The molecule has 0 aliphatic carbocycles. The van der Waals surface area contributed by atoms with Crippen molar-refractivity contribution in [3.8, 4) is 0 Å². The number of amides is 1. The van der Waals surface area contributed by atoms with E-state index in [4.69, 9.17) is 0 Å². The van der Waals surface area contributed by atoms with Gasteiger partial charge in [0.05, 0.1) is 12.2 Å². The van der Waals surface area contributed by atoms with Crippen LogP contribution in [-0.4, -0.2) is 35.1 Å². The van der Waals surface area contributed by atoms with Crippen LogP contribution in [0.25, 0.3) is 0 Å². The van der Waals surface area contributed by atoms with Crippen LogP contribution in [-0.2, 0) is 11.3 Å². The summed E-state index contributed by atoms with van der Waals surface area (Å²) < 4.78 is 39.4. The maximum atomic E-state index is 13.1. The Morgan fingerprint density at radius 3 is 2.85 bits per heavy atom. The van der Waals surface area contributed by atoms with Crippen molar-refractivity contribution >= 4 is 5.91 Å². The van der Waals surface area contributed by atoms with Gasteiger partial charge in [-0.25, -0.2) is 9.97 Å². The van der Waals surface area contributed by atoms with Crippen molar-refractivity contribution in [2.24, 2.45) is 5.41 Å². The van der Waals surface area contributed by atoms with E-state index >= 15 is 0 Å². The Hall–Kier alpha value is -1.70. The van der Waals surface area contributed by atoms with E-state index in [1.54, 1.807) is 13.0 Å². The molecule has 2 N–H and O–H groups in total. The highest BCUT2D eigenvalue weighted by molar-refractivity contribution is 5.84. The fourth-order valence-corrected chi connectivity index (χ4v) is 2.20. The summed E-state index contributed by atoms with van der Waals surface area (Å²) >= 11 is 0. The zero-order chi connectivity index (χ0) is 14.8. The number of halogens is 3. The van der Waals surface area contributed by atoms with Crippen molar-refractivity contribution in [3.05, 3.63) is 23.8 Å². The standard InChI is InChI=1S/C12H15F3N4O/c1-8-17-4-2-9(19-8)6-18-10(20)11(12(13,14)15)3-5-16-7-11/h2,4,16H,3,5-7H2,1H3,(H,18,20). The Morgan fingerprint density at radius 1 is 1.55 bits per heavy atom. The molecule has 1 aliphatic heterocycles. The third-order valence-electron chi connectivity index (χ3n) is 3.40. The number of carbonyl (C=O) groups is 1. The third kappa shape index (κ3) is 2.74. The Bertz CT molecular complexity index is 498. The normalized spacial score (nSPS) is 22.8. The highest BCUT2D eigenvalue weighted by atomic mass is 19.4. The van der Waals surface area contributed by atoms with Crippen LogP contribution in [0.1, 0.15) is 17.9 Å². The molecule has 1 fully saturated rings. The Balaban J connectivity index is 2.07. The van der Waals surface area contributed by atoms with Crippen LogP contribution < -0.4 is 10.6 Å². The van der Waals surface area contributed by atoms with E-state index in [-0.39, 0.29) is 26.1 Å². The lowest BCUT2D eigenvalue weighted by atomic mass is 9.85. The fourth-order valence-electron chi connectivity index (χ4n) is 2.20. The zero-order valence-electron chi connectivity index (χ0n) is 10.9. The molecule has 1 saturated heterocycles. The summed E-state index contributed by atoms with van der Waals surface area (Å²) in [4.78, 5) is 19.9. The average Bonchev–Trinajstić information content (AvgIpc) is 2.86. The van der Waals surface area contributed by atoms with Gasteiger partial charge in [0.15, 0.2) is 5.41 Å². The van der Waals surface area contributed by atoms with Crippen LogP contribution in [0.15, 0.2) is 12.3 Å². The maximum Gasteiger partial charge on any atom is 0.404 e. The molecule has 1 amide bonds. The lowest BCUT2D eigenvalue weighted by molar-refractivity contribution is -0.216. The zero-order valence-corrected chi connectivity index (χ0v) is 10.9. The van der Waals surface area contributed by atoms with Gasteiger partial charge in [-0.05, 0) is 26.0 Å². The number of nitrogens with zero attached hydrogens (tertiary/aromatic N) is 2. The molecule has 1 unspecified atom stereocenters. The second kappa shape index (κ2) is 5.35. The average molecular weight is 288 g/mol. The highest BCUT2D eigenvalue weighted by Gasteiger charge is 2.61. The van der Waals surface area contributed by atoms with E-state index in [9.17, 15) is 18.0 Å². The quantitative estimate of drug-likeness (QED) is 0.869. The van der Waals surface area contributed by atoms with Crippen LogP contribution in [0.4, 0.5) is 13.2 Å². The molecule has 0 saturated carbocycles. The van der Waals surface area contributed by atoms with E-state index in [0.717, 1.165) is 0 Å². The smallest absolute Gasteiger partial charge is 0.350 e. The summed E-state index contributed by atoms with van der Waals surface area (Å²) in [5.41, 5.74) is -1.86. The van der Waals surface area contributed by atoms with Crippen LogP contribution in [0.5, 0.6) is 0 Å². The number of nitrogens with one attached hydrogen (secondary N) is 2. The highest BCUT2D eigenvalue weighted by Crippen LogP contribution is 2.43. The first-order valence-electron chi connectivity index (χ1n) is 6.19. The molecule has 1 aliphatic rings. The Labute approximate surface area is 114 Å². The van der Waals surface area contributed by atoms with Gasteiger partial charge in [-0.1, -0.05) is 0 Å². The molecular weight excluding hydrogens is 273 g/mol. The number of aromatic nitrogens is 2. The largest absolute Gasteiger partial charge is 0.404 e. The number of rotatable bonds is 3. The van der Waals surface area contributed by atoms with Gasteiger partial charge in [-0.3, -0.25) is 4.79 Å². The lowest BCUT2D eigenvalue weighted by Gasteiger charge is -2.29. The summed E-state index contributed by atoms with van der Waals surface area (Å²) in [7, 11) is 0. The summed E-state index contributed by atoms with van der Waals surface area (Å²) in [6.45, 7) is 1.42. The molecule has 1 aromatic rings. The van der Waals surface area contributed by atoms with Crippen LogP contribution in [0.3, 0.4) is 0 Å². The Morgan fingerprint density at radius 2 is 2.30 bits per heavy atom. The van der Waals surface area contributed by atoms with Gasteiger partial charge in [0.25, 0.3) is 0 Å². The van der Waals surface area contributed by atoms with Gasteiger partial charge in [-0.15, -0.1) is 0 Å². The number of aryl methyl sites for hydroxylation is 1. The lowest BCUT2D eigenvalue weighted by Crippen LogP contribution is -2.52. The van der Waals surface area contributed by atoms with Crippen molar-refractivity contribution in [2.45, 2.75) is 26.1 Å². The van der Waals surface area contributed by atoms with Crippen molar-refractivity contribution < 1.29 is 18.0 Å². The minimum atomic E-state index is -4.57. The molecule has 1 aromatic heterocycles. The molecule has 5 nitrogen and oxygen atoms in total. The summed E-state index contributed by atoms with van der Waals surface area (Å²) in [6.07, 6.45) is -3.31. The summed E-state index contributed by atoms with van der Waals surface area (Å²) in [6, 6.07) is 1.56. The molecule has 1 atom stereocenters. The van der Waals surface area contributed by atoms with E-state index < -0.39 is 17.5 Å². The van der Waals surface area contributed by atoms with Gasteiger partial charge in [0, 0.05) is 12.7 Å². The number of carbonyl (C=O) groups excluding carboxylic acids is 1. The van der Waals surface area contributed by atoms with Crippen LogP contribution in [0.2, 0.25) is 0 Å². The Kier molecular flexibility index (Phi) is 3.94. The molecule has 2 rings (SSSR count). The van der Waals surface area contributed by atoms with Gasteiger partial charge in [-0.2, -0.15) is 13.2 Å². The molecule has 0 spiro atoms. The molecule has 0 bridgehead atoms. The first kappa shape index (κ1) is 14.7. The number of hydrogen-bond acceptors (Lipinski definition) is 4. The maximum absolute atomic E-state index is 13.1. The monoisotopic (exact) mass is 288 g/mol. The minimum absolute atomic E-state index is 0.0416. The van der Waals surface area contributed by atoms with Gasteiger partial charge >= 0.3 is 6.18 Å². The van der Waals surface area contributed by atoms with Crippen molar-refractivity contribution in [3.63, 3.8) is 0 Å². The number of alkyl halides is 3. The van der Waals surface area contributed by atoms with Gasteiger partial charge in [0.1, 0.15) is 5.82 Å². The van der Waals surface area contributed by atoms with Gasteiger partial charge < -0.3 is 10.6 Å². The summed E-state index contributed by atoms with van der Waals surface area (Å²) in [5.74, 6) is -0.504. The predicted octanol–water partition coefficient (Wildman–Crippen LogP) is 0.943. The van der Waals surface area contributed by atoms with E-state index in [1.807, 2.05) is 0 Å². The molecule has 110 valence electrons. The topological polar surface area (TPSA) is 66.9 Å². The molecular formula is C12H15F3N4O. The first-order chi connectivity index (χ1) is 9.35. The minimum Gasteiger partial charge on any atom is -0.350 e. The van der Waals surface area contributed by atoms with E-state index in [1.165, 1.54) is 6.20 Å². The van der Waals surface area contributed by atoms with Crippen LogP contribution >= 0.6 is 0 Å². The molecule has 0 aromatic carbocycles. The fraction of sp³-hybridized carbons (Fsp3) is 0.583. The third-order valence-corrected chi connectivity index (χ3v) is 3.40. The SMILES string of the molecule is Cc1nccc(CNC(=O)C2(C(F)(F)F)CCNC2)n1. The van der Waals surface area contributed by atoms with Crippen molar-refractivity contribution in [1.29, 1.82) is 0 Å². The second-order valence-electron chi connectivity index (χ2n) is 4.78. The summed E-state index contributed by atoms with van der Waals surface area (Å²) in [5, 5.41) is 4.93. The van der Waals surface area contributed by atoms with Crippen molar-refractivity contribution in [2.75, 3.05) is 13.1 Å². The van der Waals surface area contributed by atoms with Crippen LogP contribution in [0, 0.1) is 12.3 Å². The first-order valence-corrected chi connectivity index (χ1v) is 6.19. The molecule has 8 heteroatoms.